The minimum Gasteiger partial charge on any atom is -0.372 e. The smallest absolute Gasteiger partial charge is 0.270 e. The Kier molecular flexibility index (Phi) is 4.21. The van der Waals surface area contributed by atoms with Crippen LogP contribution >= 0.6 is 0 Å². The van der Waals surface area contributed by atoms with Gasteiger partial charge in [0.15, 0.2) is 0 Å². The maximum atomic E-state index is 11.5. The molecule has 1 aromatic heterocycles. The first-order valence-corrected chi connectivity index (χ1v) is 6.03. The molecule has 0 radical (unpaired) electrons. The number of non-ortho nitro benzene ring substituents is 1. The van der Waals surface area contributed by atoms with Crippen LogP contribution in [0.2, 0.25) is 0 Å². The summed E-state index contributed by atoms with van der Waals surface area (Å²) in [6.07, 6.45) is 0. The van der Waals surface area contributed by atoms with Crippen LogP contribution in [-0.4, -0.2) is 29.0 Å². The Labute approximate surface area is 114 Å². The average molecular weight is 275 g/mol. The fourth-order valence-electron chi connectivity index (χ4n) is 1.67. The number of hydrogen-bond acceptors (Lipinski definition) is 5. The first kappa shape index (κ1) is 13.9. The van der Waals surface area contributed by atoms with E-state index in [-0.39, 0.29) is 18.2 Å². The van der Waals surface area contributed by atoms with Crippen LogP contribution in [0.15, 0.2) is 30.3 Å². The molecule has 2 rings (SSSR count). The molecular weight excluding hydrogens is 262 g/mol. The molecule has 1 amide bonds. The number of anilines is 1. The zero-order chi connectivity index (χ0) is 14.5. The van der Waals surface area contributed by atoms with Gasteiger partial charge in [0.25, 0.3) is 11.6 Å². The predicted molar refractivity (Wildman–Crippen MR) is 73.5 cm³/mol. The summed E-state index contributed by atoms with van der Waals surface area (Å²) in [6.45, 7) is 2.23. The van der Waals surface area contributed by atoms with Crippen LogP contribution in [0.3, 0.4) is 0 Å². The summed E-state index contributed by atoms with van der Waals surface area (Å²) < 4.78 is 4.98. The number of rotatable bonds is 5. The third-order valence-electron chi connectivity index (χ3n) is 2.59. The van der Waals surface area contributed by atoms with Crippen LogP contribution in [0, 0.1) is 10.1 Å². The maximum Gasteiger partial charge on any atom is 0.270 e. The second kappa shape index (κ2) is 6.07. The number of aromatic nitrogens is 1. The molecule has 0 aliphatic heterocycles. The van der Waals surface area contributed by atoms with Gasteiger partial charge in [-0.25, -0.2) is 4.98 Å². The van der Waals surface area contributed by atoms with E-state index in [2.05, 4.69) is 10.3 Å². The molecule has 2 aromatic rings. The Hall–Kier alpha value is -2.54. The van der Waals surface area contributed by atoms with E-state index in [9.17, 15) is 14.9 Å². The van der Waals surface area contributed by atoms with Gasteiger partial charge in [0.2, 0.25) is 0 Å². The highest BCUT2D eigenvalue weighted by Crippen LogP contribution is 2.20. The quantitative estimate of drug-likeness (QED) is 0.666. The van der Waals surface area contributed by atoms with Crippen LogP contribution in [0.25, 0.3) is 10.9 Å². The molecule has 0 fully saturated rings. The van der Waals surface area contributed by atoms with Crippen molar-refractivity contribution in [3.63, 3.8) is 0 Å². The fraction of sp³-hybridized carbons (Fsp3) is 0.231. The first-order chi connectivity index (χ1) is 9.60. The van der Waals surface area contributed by atoms with Crippen molar-refractivity contribution in [2.24, 2.45) is 0 Å². The van der Waals surface area contributed by atoms with Crippen molar-refractivity contribution < 1.29 is 14.5 Å². The number of nitrogens with one attached hydrogen (secondary N) is 1. The largest absolute Gasteiger partial charge is 0.372 e. The van der Waals surface area contributed by atoms with Crippen LogP contribution < -0.4 is 5.32 Å². The second-order valence-corrected chi connectivity index (χ2v) is 4.02. The number of pyridine rings is 1. The van der Waals surface area contributed by atoms with E-state index in [1.165, 1.54) is 12.1 Å². The van der Waals surface area contributed by atoms with Crippen molar-refractivity contribution in [2.45, 2.75) is 6.92 Å². The van der Waals surface area contributed by atoms with Crippen molar-refractivity contribution in [2.75, 3.05) is 18.5 Å². The molecule has 0 atom stereocenters. The summed E-state index contributed by atoms with van der Waals surface area (Å²) in [5.74, 6) is 0.0941. The van der Waals surface area contributed by atoms with Crippen molar-refractivity contribution in [3.8, 4) is 0 Å². The number of amides is 1. The molecule has 0 unspecified atom stereocenters. The molecule has 0 spiro atoms. The van der Waals surface area contributed by atoms with E-state index in [0.717, 1.165) is 0 Å². The third kappa shape index (κ3) is 3.27. The average Bonchev–Trinajstić information content (AvgIpc) is 2.44. The molecule has 20 heavy (non-hydrogen) atoms. The van der Waals surface area contributed by atoms with E-state index in [1.54, 1.807) is 25.1 Å². The Balaban J connectivity index is 2.19. The standard InChI is InChI=1S/C13H13N3O4/c1-2-20-8-13(17)15-12-6-3-9-7-10(16(18)19)4-5-11(9)14-12/h3-7H,2,8H2,1H3,(H,14,15,17). The first-order valence-electron chi connectivity index (χ1n) is 6.03. The number of nitro benzene ring substituents is 1. The molecule has 1 aromatic carbocycles. The monoisotopic (exact) mass is 275 g/mol. The Bertz CT molecular complexity index is 657. The molecule has 7 heteroatoms. The lowest BCUT2D eigenvalue weighted by atomic mass is 10.2. The van der Waals surface area contributed by atoms with Gasteiger partial charge in [-0.1, -0.05) is 0 Å². The lowest BCUT2D eigenvalue weighted by Gasteiger charge is -2.05. The highest BCUT2D eigenvalue weighted by atomic mass is 16.6. The van der Waals surface area contributed by atoms with Gasteiger partial charge < -0.3 is 10.1 Å². The van der Waals surface area contributed by atoms with E-state index in [1.807, 2.05) is 0 Å². The topological polar surface area (TPSA) is 94.4 Å². The molecular formula is C13H13N3O4. The van der Waals surface area contributed by atoms with Gasteiger partial charge in [-0.05, 0) is 25.1 Å². The Morgan fingerprint density at radius 3 is 2.90 bits per heavy atom. The number of hydrogen-bond donors (Lipinski definition) is 1. The Morgan fingerprint density at radius 1 is 1.40 bits per heavy atom. The molecule has 0 aliphatic rings. The van der Waals surface area contributed by atoms with E-state index < -0.39 is 4.92 Å². The summed E-state index contributed by atoms with van der Waals surface area (Å²) in [7, 11) is 0. The summed E-state index contributed by atoms with van der Waals surface area (Å²) in [6, 6.07) is 7.63. The molecule has 0 saturated heterocycles. The number of nitrogens with zero attached hydrogens (tertiary/aromatic N) is 2. The van der Waals surface area contributed by atoms with Crippen molar-refractivity contribution in [1.29, 1.82) is 0 Å². The van der Waals surface area contributed by atoms with Gasteiger partial charge in [-0.3, -0.25) is 14.9 Å². The molecule has 0 bridgehead atoms. The van der Waals surface area contributed by atoms with Gasteiger partial charge >= 0.3 is 0 Å². The van der Waals surface area contributed by atoms with E-state index in [0.29, 0.717) is 23.3 Å². The van der Waals surface area contributed by atoms with Gasteiger partial charge in [-0.2, -0.15) is 0 Å². The lowest BCUT2D eigenvalue weighted by molar-refractivity contribution is -0.384. The van der Waals surface area contributed by atoms with Gasteiger partial charge in [0.1, 0.15) is 12.4 Å². The van der Waals surface area contributed by atoms with Crippen molar-refractivity contribution in [3.05, 3.63) is 40.4 Å². The van der Waals surface area contributed by atoms with Crippen LogP contribution in [0.4, 0.5) is 11.5 Å². The Morgan fingerprint density at radius 2 is 2.20 bits per heavy atom. The van der Waals surface area contributed by atoms with Crippen molar-refractivity contribution in [1.82, 2.24) is 4.98 Å². The number of benzene rings is 1. The van der Waals surface area contributed by atoms with Crippen LogP contribution in [-0.2, 0) is 9.53 Å². The summed E-state index contributed by atoms with van der Waals surface area (Å²) in [5.41, 5.74) is 0.581. The summed E-state index contributed by atoms with van der Waals surface area (Å²) >= 11 is 0. The minimum atomic E-state index is -0.461. The second-order valence-electron chi connectivity index (χ2n) is 4.02. The molecule has 7 nitrogen and oxygen atoms in total. The van der Waals surface area contributed by atoms with Crippen LogP contribution in [0.5, 0.6) is 0 Å². The number of fused-ring (bicyclic) bond motifs is 1. The number of carbonyl (C=O) groups is 1. The highest BCUT2D eigenvalue weighted by Gasteiger charge is 2.08. The molecule has 1 N–H and O–H groups in total. The van der Waals surface area contributed by atoms with Gasteiger partial charge in [0, 0.05) is 24.1 Å². The number of nitro groups is 1. The summed E-state index contributed by atoms with van der Waals surface area (Å²) in [4.78, 5) is 25.9. The highest BCUT2D eigenvalue weighted by molar-refractivity contribution is 5.92. The lowest BCUT2D eigenvalue weighted by Crippen LogP contribution is -2.18. The van der Waals surface area contributed by atoms with Gasteiger partial charge in [0.05, 0.1) is 10.4 Å². The van der Waals surface area contributed by atoms with Gasteiger partial charge in [-0.15, -0.1) is 0 Å². The molecule has 1 heterocycles. The van der Waals surface area contributed by atoms with E-state index in [4.69, 9.17) is 4.74 Å². The molecule has 0 aliphatic carbocycles. The number of carbonyl (C=O) groups excluding carboxylic acids is 1. The third-order valence-corrected chi connectivity index (χ3v) is 2.59. The SMILES string of the molecule is CCOCC(=O)Nc1ccc2cc([N+](=O)[O-])ccc2n1. The predicted octanol–water partition coefficient (Wildman–Crippen LogP) is 2.12. The summed E-state index contributed by atoms with van der Waals surface area (Å²) in [5, 5.41) is 13.9. The zero-order valence-electron chi connectivity index (χ0n) is 10.8. The van der Waals surface area contributed by atoms with E-state index >= 15 is 0 Å². The van der Waals surface area contributed by atoms with Crippen molar-refractivity contribution >= 4 is 28.3 Å². The minimum absolute atomic E-state index is 0.00688. The zero-order valence-corrected chi connectivity index (χ0v) is 10.8. The number of ether oxygens (including phenoxy) is 1. The molecule has 0 saturated carbocycles. The van der Waals surface area contributed by atoms with Crippen LogP contribution in [0.1, 0.15) is 6.92 Å². The molecule has 104 valence electrons. The normalized spacial score (nSPS) is 10.4. The maximum absolute atomic E-state index is 11.5. The fourth-order valence-corrected chi connectivity index (χ4v) is 1.67.